The van der Waals surface area contributed by atoms with Crippen LogP contribution >= 0.6 is 0 Å². The molecule has 2 amide bonds. The van der Waals surface area contributed by atoms with Crippen molar-refractivity contribution in [2.75, 3.05) is 11.9 Å². The van der Waals surface area contributed by atoms with E-state index in [0.717, 1.165) is 28.3 Å². The lowest BCUT2D eigenvalue weighted by atomic mass is 10.0. The molecule has 0 radical (unpaired) electrons. The number of benzene rings is 2. The van der Waals surface area contributed by atoms with Gasteiger partial charge >= 0.3 is 6.03 Å². The van der Waals surface area contributed by atoms with Gasteiger partial charge in [-0.25, -0.2) is 9.78 Å². The van der Waals surface area contributed by atoms with E-state index >= 15 is 0 Å². The third-order valence-electron chi connectivity index (χ3n) is 3.91. The number of rotatable bonds is 5. The van der Waals surface area contributed by atoms with Crippen LogP contribution in [0.15, 0.2) is 59.0 Å². The summed E-state index contributed by atoms with van der Waals surface area (Å²) in [4.78, 5) is 16.5. The van der Waals surface area contributed by atoms with Gasteiger partial charge in [-0.1, -0.05) is 48.5 Å². The molecule has 0 atom stereocenters. The summed E-state index contributed by atoms with van der Waals surface area (Å²) >= 11 is 0. The van der Waals surface area contributed by atoms with Gasteiger partial charge in [0.15, 0.2) is 5.89 Å². The van der Waals surface area contributed by atoms with E-state index in [1.54, 1.807) is 0 Å². The summed E-state index contributed by atoms with van der Waals surface area (Å²) in [6.07, 6.45) is 0.636. The maximum atomic E-state index is 12.2. The Balaban J connectivity index is 1.61. The first kappa shape index (κ1) is 16.8. The minimum absolute atomic E-state index is 0.235. The molecule has 0 fully saturated rings. The largest absolute Gasteiger partial charge is 0.446 e. The first-order valence-corrected chi connectivity index (χ1v) is 8.25. The zero-order chi connectivity index (χ0) is 17.6. The van der Waals surface area contributed by atoms with Crippen LogP contribution in [0.25, 0.3) is 11.1 Å². The minimum atomic E-state index is -0.235. The van der Waals surface area contributed by atoms with Gasteiger partial charge in [0.05, 0.1) is 11.4 Å². The number of hydrogen-bond donors (Lipinski definition) is 2. The van der Waals surface area contributed by atoms with Crippen LogP contribution < -0.4 is 10.6 Å². The third kappa shape index (κ3) is 4.26. The second kappa shape index (κ2) is 7.66. The van der Waals surface area contributed by atoms with E-state index in [9.17, 15) is 4.79 Å². The first-order valence-electron chi connectivity index (χ1n) is 8.25. The van der Waals surface area contributed by atoms with Crippen LogP contribution in [0.2, 0.25) is 0 Å². The standard InChI is InChI=1S/C20H21N3O2/c1-14-18(22-15(2)25-14)12-13-21-20(24)23-19-11-7-6-10-17(19)16-8-4-3-5-9-16/h3-11H,12-13H2,1-2H3,(H2,21,23,24). The van der Waals surface area contributed by atoms with E-state index in [0.29, 0.717) is 18.9 Å². The fraction of sp³-hybridized carbons (Fsp3) is 0.200. The topological polar surface area (TPSA) is 67.2 Å². The van der Waals surface area contributed by atoms with Crippen molar-refractivity contribution in [3.8, 4) is 11.1 Å². The van der Waals surface area contributed by atoms with Crippen molar-refractivity contribution >= 4 is 11.7 Å². The van der Waals surface area contributed by atoms with Gasteiger partial charge in [0.25, 0.3) is 0 Å². The molecule has 0 bridgehead atoms. The highest BCUT2D eigenvalue weighted by molar-refractivity contribution is 5.94. The Morgan fingerprint density at radius 3 is 2.48 bits per heavy atom. The summed E-state index contributed by atoms with van der Waals surface area (Å²) in [7, 11) is 0. The van der Waals surface area contributed by atoms with Gasteiger partial charge in [0, 0.05) is 25.5 Å². The van der Waals surface area contributed by atoms with E-state index < -0.39 is 0 Å². The van der Waals surface area contributed by atoms with Gasteiger partial charge in [-0.05, 0) is 18.6 Å². The number of hydrogen-bond acceptors (Lipinski definition) is 3. The number of aryl methyl sites for hydroxylation is 2. The van der Waals surface area contributed by atoms with Crippen LogP contribution in [0.3, 0.4) is 0 Å². The predicted molar refractivity (Wildman–Crippen MR) is 98.6 cm³/mol. The number of amides is 2. The second-order valence-corrected chi connectivity index (χ2v) is 5.78. The molecular weight excluding hydrogens is 314 g/mol. The lowest BCUT2D eigenvalue weighted by molar-refractivity contribution is 0.252. The Morgan fingerprint density at radius 2 is 1.76 bits per heavy atom. The number of anilines is 1. The highest BCUT2D eigenvalue weighted by Gasteiger charge is 2.09. The molecule has 0 aliphatic heterocycles. The van der Waals surface area contributed by atoms with Crippen molar-refractivity contribution in [3.63, 3.8) is 0 Å². The zero-order valence-electron chi connectivity index (χ0n) is 14.4. The molecular formula is C20H21N3O2. The molecule has 0 aliphatic rings. The molecule has 3 rings (SSSR count). The summed E-state index contributed by atoms with van der Waals surface area (Å²) in [5.74, 6) is 1.45. The molecule has 0 unspecified atom stereocenters. The maximum Gasteiger partial charge on any atom is 0.319 e. The minimum Gasteiger partial charge on any atom is -0.446 e. The van der Waals surface area contributed by atoms with Gasteiger partial charge < -0.3 is 15.1 Å². The Bertz CT molecular complexity index is 856. The summed E-state index contributed by atoms with van der Waals surface area (Å²) < 4.78 is 5.39. The Hall–Kier alpha value is -3.08. The van der Waals surface area contributed by atoms with Crippen LogP contribution in [-0.2, 0) is 6.42 Å². The molecule has 0 spiro atoms. The molecule has 2 N–H and O–H groups in total. The SMILES string of the molecule is Cc1nc(CCNC(=O)Nc2ccccc2-c2ccccc2)c(C)o1. The normalized spacial score (nSPS) is 10.5. The highest BCUT2D eigenvalue weighted by atomic mass is 16.4. The predicted octanol–water partition coefficient (Wildman–Crippen LogP) is 4.32. The van der Waals surface area contributed by atoms with Gasteiger partial charge in [-0.15, -0.1) is 0 Å². The highest BCUT2D eigenvalue weighted by Crippen LogP contribution is 2.27. The Morgan fingerprint density at radius 1 is 1.04 bits per heavy atom. The smallest absolute Gasteiger partial charge is 0.319 e. The van der Waals surface area contributed by atoms with Gasteiger partial charge in [-0.3, -0.25) is 0 Å². The second-order valence-electron chi connectivity index (χ2n) is 5.78. The van der Waals surface area contributed by atoms with Crippen LogP contribution in [0, 0.1) is 13.8 Å². The van der Waals surface area contributed by atoms with E-state index in [1.165, 1.54) is 0 Å². The number of carbonyl (C=O) groups is 1. The van der Waals surface area contributed by atoms with Crippen molar-refractivity contribution in [1.82, 2.24) is 10.3 Å². The number of para-hydroxylation sites is 1. The number of carbonyl (C=O) groups excluding carboxylic acids is 1. The van der Waals surface area contributed by atoms with Crippen LogP contribution in [0.5, 0.6) is 0 Å². The zero-order valence-corrected chi connectivity index (χ0v) is 14.4. The number of oxazole rings is 1. The number of urea groups is 1. The summed E-state index contributed by atoms with van der Waals surface area (Å²) in [6.45, 7) is 4.19. The average Bonchev–Trinajstić information content (AvgIpc) is 2.93. The molecule has 0 saturated heterocycles. The van der Waals surface area contributed by atoms with Crippen molar-refractivity contribution in [1.29, 1.82) is 0 Å². The molecule has 1 aromatic heterocycles. The molecule has 2 aromatic carbocycles. The monoisotopic (exact) mass is 335 g/mol. The number of aromatic nitrogens is 1. The average molecular weight is 335 g/mol. The molecule has 0 aliphatic carbocycles. The summed E-state index contributed by atoms with van der Waals surface area (Å²) in [5.41, 5.74) is 3.70. The lowest BCUT2D eigenvalue weighted by Gasteiger charge is -2.12. The molecule has 1 heterocycles. The van der Waals surface area contributed by atoms with Crippen molar-refractivity contribution < 1.29 is 9.21 Å². The number of nitrogens with one attached hydrogen (secondary N) is 2. The van der Waals surface area contributed by atoms with Gasteiger partial charge in [0.2, 0.25) is 0 Å². The molecule has 0 saturated carbocycles. The molecule has 3 aromatic rings. The molecule has 25 heavy (non-hydrogen) atoms. The van der Waals surface area contributed by atoms with E-state index in [-0.39, 0.29) is 6.03 Å². The van der Waals surface area contributed by atoms with E-state index in [1.807, 2.05) is 68.4 Å². The van der Waals surface area contributed by atoms with Crippen molar-refractivity contribution in [3.05, 3.63) is 71.9 Å². The molecule has 128 valence electrons. The van der Waals surface area contributed by atoms with Gasteiger partial charge in [0.1, 0.15) is 5.76 Å². The number of nitrogens with zero attached hydrogens (tertiary/aromatic N) is 1. The maximum absolute atomic E-state index is 12.2. The van der Waals surface area contributed by atoms with Crippen LogP contribution in [-0.4, -0.2) is 17.6 Å². The van der Waals surface area contributed by atoms with E-state index in [4.69, 9.17) is 4.42 Å². The van der Waals surface area contributed by atoms with Crippen LogP contribution in [0.4, 0.5) is 10.5 Å². The fourth-order valence-electron chi connectivity index (χ4n) is 2.73. The third-order valence-corrected chi connectivity index (χ3v) is 3.91. The quantitative estimate of drug-likeness (QED) is 0.729. The van der Waals surface area contributed by atoms with Crippen LogP contribution in [0.1, 0.15) is 17.3 Å². The van der Waals surface area contributed by atoms with Gasteiger partial charge in [-0.2, -0.15) is 0 Å². The lowest BCUT2D eigenvalue weighted by Crippen LogP contribution is -2.30. The first-order chi connectivity index (χ1) is 12.1. The van der Waals surface area contributed by atoms with E-state index in [2.05, 4.69) is 15.6 Å². The van der Waals surface area contributed by atoms with Crippen molar-refractivity contribution in [2.24, 2.45) is 0 Å². The fourth-order valence-corrected chi connectivity index (χ4v) is 2.73. The molecule has 5 nitrogen and oxygen atoms in total. The Kier molecular flexibility index (Phi) is 5.14. The summed E-state index contributed by atoms with van der Waals surface area (Å²) in [5, 5.41) is 5.78. The molecule has 5 heteroatoms. The van der Waals surface area contributed by atoms with Crippen molar-refractivity contribution in [2.45, 2.75) is 20.3 Å². The Labute approximate surface area is 147 Å². The summed E-state index contributed by atoms with van der Waals surface area (Å²) in [6, 6.07) is 17.5.